The molecular formula is C27H29ClO7. The molecule has 6 fully saturated rings. The number of aliphatic hydroxyl groups excluding tert-OH is 1. The molecule has 1 aromatic rings. The summed E-state index contributed by atoms with van der Waals surface area (Å²) in [5.74, 6) is -5.41. The first-order valence-corrected chi connectivity index (χ1v) is 12.6. The highest BCUT2D eigenvalue weighted by molar-refractivity contribution is 6.33. The molecule has 0 radical (unpaired) electrons. The van der Waals surface area contributed by atoms with Crippen molar-refractivity contribution in [1.82, 2.24) is 0 Å². The topological polar surface area (TPSA) is 110 Å². The lowest BCUT2D eigenvalue weighted by atomic mass is 9.36. The summed E-state index contributed by atoms with van der Waals surface area (Å²) in [5, 5.41) is 24.0. The van der Waals surface area contributed by atoms with E-state index in [-0.39, 0.29) is 28.5 Å². The molecule has 35 heavy (non-hydrogen) atoms. The molecule has 0 amide bonds. The van der Waals surface area contributed by atoms with Crippen LogP contribution in [0, 0.1) is 34.0 Å². The number of hydrogen-bond acceptors (Lipinski definition) is 7. The van der Waals surface area contributed by atoms with Crippen molar-refractivity contribution in [3.63, 3.8) is 0 Å². The predicted molar refractivity (Wildman–Crippen MR) is 124 cm³/mol. The molecule has 0 aromatic heterocycles. The minimum absolute atomic E-state index is 0.0630. The number of ketones is 2. The Morgan fingerprint density at radius 2 is 1.94 bits per heavy atom. The molecule has 7 rings (SSSR count). The van der Waals surface area contributed by atoms with Crippen molar-refractivity contribution in [3.05, 3.63) is 47.0 Å². The average molecular weight is 501 g/mol. The molecule has 2 spiro atoms. The highest BCUT2D eigenvalue weighted by Gasteiger charge is 2.88. The van der Waals surface area contributed by atoms with Gasteiger partial charge in [0.1, 0.15) is 23.4 Å². The zero-order valence-electron chi connectivity index (χ0n) is 19.8. The van der Waals surface area contributed by atoms with Crippen molar-refractivity contribution in [3.8, 4) is 0 Å². The number of carbonyl (C=O) groups excluding carboxylic acids is 3. The van der Waals surface area contributed by atoms with Crippen molar-refractivity contribution in [2.24, 2.45) is 34.0 Å². The molecule has 7 nitrogen and oxygen atoms in total. The van der Waals surface area contributed by atoms with Gasteiger partial charge >= 0.3 is 5.97 Å². The van der Waals surface area contributed by atoms with Gasteiger partial charge in [-0.2, -0.15) is 0 Å². The maximum atomic E-state index is 14.0. The van der Waals surface area contributed by atoms with Gasteiger partial charge in [-0.15, -0.1) is 0 Å². The smallest absolute Gasteiger partial charge is 0.339 e. The second kappa shape index (κ2) is 7.03. The van der Waals surface area contributed by atoms with Crippen LogP contribution in [0.5, 0.6) is 0 Å². The second-order valence-electron chi connectivity index (χ2n) is 11.6. The second-order valence-corrected chi connectivity index (χ2v) is 12.0. The first-order valence-electron chi connectivity index (χ1n) is 12.2. The van der Waals surface area contributed by atoms with E-state index in [9.17, 15) is 24.6 Å². The number of rotatable bonds is 2. The Kier molecular flexibility index (Phi) is 4.69. The lowest BCUT2D eigenvalue weighted by molar-refractivity contribution is -0.436. The SMILES string of the molecule is C=C1C(=O)[C@]23[C@H](OC(=O)c4ccccc4Cl)[C@H]1CC[C@H]2[C@@]12CO[C@]3(O)[C@@H](O)[C@@H]1C(C)(C)CCC2=O. The molecule has 4 bridgehead atoms. The Morgan fingerprint density at radius 3 is 2.66 bits per heavy atom. The fourth-order valence-electron chi connectivity index (χ4n) is 8.57. The summed E-state index contributed by atoms with van der Waals surface area (Å²) in [4.78, 5) is 41.0. The number of hydrogen-bond donors (Lipinski definition) is 2. The molecule has 2 heterocycles. The predicted octanol–water partition coefficient (Wildman–Crippen LogP) is 3.10. The third-order valence-electron chi connectivity index (χ3n) is 9.95. The molecule has 2 aliphatic heterocycles. The first kappa shape index (κ1) is 23.3. The van der Waals surface area contributed by atoms with Gasteiger partial charge in [0.15, 0.2) is 5.78 Å². The molecule has 6 aliphatic rings. The van der Waals surface area contributed by atoms with Gasteiger partial charge in [0, 0.05) is 18.3 Å². The average Bonchev–Trinajstić information content (AvgIpc) is 2.93. The molecule has 1 aromatic carbocycles. The van der Waals surface area contributed by atoms with Crippen LogP contribution >= 0.6 is 11.6 Å². The van der Waals surface area contributed by atoms with Gasteiger partial charge in [-0.25, -0.2) is 4.79 Å². The summed E-state index contributed by atoms with van der Waals surface area (Å²) >= 11 is 6.23. The Hall–Kier alpha value is -2.06. The summed E-state index contributed by atoms with van der Waals surface area (Å²) in [6.45, 7) is 7.90. The molecule has 8 heteroatoms. The summed E-state index contributed by atoms with van der Waals surface area (Å²) in [5.41, 5.74) is -3.08. The molecule has 8 atom stereocenters. The quantitative estimate of drug-likeness (QED) is 0.474. The maximum absolute atomic E-state index is 14.0. The van der Waals surface area contributed by atoms with E-state index in [0.29, 0.717) is 25.7 Å². The molecule has 186 valence electrons. The molecule has 2 N–H and O–H groups in total. The Morgan fingerprint density at radius 1 is 1.23 bits per heavy atom. The maximum Gasteiger partial charge on any atom is 0.339 e. The Bertz CT molecular complexity index is 1190. The number of fused-ring (bicyclic) bond motifs is 2. The van der Waals surface area contributed by atoms with Crippen molar-refractivity contribution < 1.29 is 34.1 Å². The van der Waals surface area contributed by atoms with Crippen LogP contribution in [0.15, 0.2) is 36.4 Å². The Labute approximate surface area is 208 Å². The van der Waals surface area contributed by atoms with E-state index in [1.54, 1.807) is 18.2 Å². The van der Waals surface area contributed by atoms with Gasteiger partial charge in [0.25, 0.3) is 0 Å². The van der Waals surface area contributed by atoms with Crippen LogP contribution in [0.1, 0.15) is 49.9 Å². The number of esters is 1. The minimum Gasteiger partial charge on any atom is -0.457 e. The number of ether oxygens (including phenoxy) is 2. The lowest BCUT2D eigenvalue weighted by Gasteiger charge is -2.72. The zero-order valence-corrected chi connectivity index (χ0v) is 20.5. The highest BCUT2D eigenvalue weighted by atomic mass is 35.5. The summed E-state index contributed by atoms with van der Waals surface area (Å²) in [6, 6.07) is 6.43. The highest BCUT2D eigenvalue weighted by Crippen LogP contribution is 2.76. The van der Waals surface area contributed by atoms with Gasteiger partial charge in [-0.1, -0.05) is 44.2 Å². The summed E-state index contributed by atoms with van der Waals surface area (Å²) in [7, 11) is 0. The van der Waals surface area contributed by atoms with E-state index in [2.05, 4.69) is 6.58 Å². The summed E-state index contributed by atoms with van der Waals surface area (Å²) < 4.78 is 12.0. The molecular weight excluding hydrogens is 472 g/mol. The standard InChI is InChI=1S/C27H29ClO7/c1-13-14-8-9-17-25-12-34-27(33,21(31)19(25)24(2,3)11-10-18(25)29)26(17,20(13)30)22(14)35-23(32)15-6-4-5-7-16(15)28/h4-7,14,17,19,21-22,31,33H,1,8-12H2,2-3H3/t14-,17-,19+,21-,22+,25+,26-,27+/m0/s1. The third-order valence-corrected chi connectivity index (χ3v) is 10.3. The molecule has 4 aliphatic carbocycles. The minimum atomic E-state index is -2.32. The van der Waals surface area contributed by atoms with Crippen LogP contribution in [0.3, 0.4) is 0 Å². The van der Waals surface area contributed by atoms with E-state index in [1.165, 1.54) is 6.07 Å². The van der Waals surface area contributed by atoms with E-state index < -0.39 is 63.7 Å². The van der Waals surface area contributed by atoms with Crippen molar-refractivity contribution in [2.45, 2.75) is 57.5 Å². The van der Waals surface area contributed by atoms with Crippen LogP contribution in [-0.2, 0) is 19.1 Å². The number of carbonyl (C=O) groups is 3. The fraction of sp³-hybridized carbons (Fsp3) is 0.593. The van der Waals surface area contributed by atoms with Crippen LogP contribution in [0.2, 0.25) is 5.02 Å². The van der Waals surface area contributed by atoms with E-state index >= 15 is 0 Å². The zero-order chi connectivity index (χ0) is 25.1. The normalized spacial score (nSPS) is 45.2. The fourth-order valence-corrected chi connectivity index (χ4v) is 8.78. The number of Topliss-reactive ketones (excluding diaryl/α,β-unsaturated/α-hetero) is 2. The first-order chi connectivity index (χ1) is 16.4. The van der Waals surface area contributed by atoms with Gasteiger partial charge in [0.05, 0.1) is 22.6 Å². The number of aliphatic hydroxyl groups is 2. The largest absolute Gasteiger partial charge is 0.457 e. The number of halogens is 1. The third kappa shape index (κ3) is 2.46. The van der Waals surface area contributed by atoms with Crippen molar-refractivity contribution in [2.75, 3.05) is 6.61 Å². The monoisotopic (exact) mass is 500 g/mol. The van der Waals surface area contributed by atoms with Gasteiger partial charge in [-0.05, 0) is 48.3 Å². The van der Waals surface area contributed by atoms with Crippen LogP contribution in [0.25, 0.3) is 0 Å². The van der Waals surface area contributed by atoms with Crippen LogP contribution in [0.4, 0.5) is 0 Å². The molecule has 0 unspecified atom stereocenters. The van der Waals surface area contributed by atoms with Crippen molar-refractivity contribution in [1.29, 1.82) is 0 Å². The van der Waals surface area contributed by atoms with E-state index in [0.717, 1.165) is 0 Å². The van der Waals surface area contributed by atoms with Gasteiger partial charge < -0.3 is 19.7 Å². The van der Waals surface area contributed by atoms with Crippen LogP contribution in [-0.4, -0.2) is 52.4 Å². The van der Waals surface area contributed by atoms with Crippen LogP contribution < -0.4 is 0 Å². The molecule has 4 saturated carbocycles. The van der Waals surface area contributed by atoms with Gasteiger partial charge in [0.2, 0.25) is 5.79 Å². The van der Waals surface area contributed by atoms with Crippen molar-refractivity contribution >= 4 is 29.1 Å². The van der Waals surface area contributed by atoms with E-state index in [4.69, 9.17) is 21.1 Å². The lowest BCUT2D eigenvalue weighted by Crippen LogP contribution is -2.85. The van der Waals surface area contributed by atoms with Gasteiger partial charge in [-0.3, -0.25) is 9.59 Å². The Balaban J connectivity index is 1.55. The summed E-state index contributed by atoms with van der Waals surface area (Å²) in [6.07, 6.45) is -0.840. The number of benzene rings is 1. The molecule has 2 saturated heterocycles. The van der Waals surface area contributed by atoms with E-state index in [1.807, 2.05) is 13.8 Å².